The van der Waals surface area contributed by atoms with E-state index in [1.165, 1.54) is 10.5 Å². The molecule has 3 aromatic carbocycles. The van der Waals surface area contributed by atoms with Crippen LogP contribution in [-0.4, -0.2) is 46.5 Å². The second kappa shape index (κ2) is 12.5. The van der Waals surface area contributed by atoms with Crippen LogP contribution in [-0.2, 0) is 30.8 Å². The minimum Gasteiger partial charge on any atom is -0.489 e. The highest BCUT2D eigenvalue weighted by molar-refractivity contribution is 7.97. The third-order valence-electron chi connectivity index (χ3n) is 6.08. The van der Waals surface area contributed by atoms with E-state index in [1.54, 1.807) is 0 Å². The number of carboxylic acid groups (broad SMARTS) is 1. The number of aryl methyl sites for hydroxylation is 1. The van der Waals surface area contributed by atoms with Crippen LogP contribution in [0.3, 0.4) is 0 Å². The molecule has 1 fully saturated rings. The van der Waals surface area contributed by atoms with Gasteiger partial charge in [0.25, 0.3) is 0 Å². The molecule has 4 rings (SSSR count). The molecule has 1 heterocycles. The maximum absolute atomic E-state index is 11.3. The zero-order chi connectivity index (χ0) is 24.6. The summed E-state index contributed by atoms with van der Waals surface area (Å²) in [4.78, 5) is 14.9. The van der Waals surface area contributed by atoms with Gasteiger partial charge in [-0.25, -0.2) is 4.31 Å². The topological polar surface area (TPSA) is 53.0 Å². The average molecular weight is 511 g/mol. The van der Waals surface area contributed by atoms with Gasteiger partial charge in [0.2, 0.25) is 0 Å². The number of hydrogen-bond acceptors (Lipinski definition) is 5. The van der Waals surface area contributed by atoms with E-state index in [-0.39, 0.29) is 6.42 Å². The Labute approximate surface area is 216 Å². The van der Waals surface area contributed by atoms with Crippen molar-refractivity contribution >= 4 is 29.5 Å². The van der Waals surface area contributed by atoms with Gasteiger partial charge in [0.15, 0.2) is 0 Å². The molecule has 7 heteroatoms. The Hall–Kier alpha value is -2.51. The Morgan fingerprint density at radius 3 is 2.26 bits per heavy atom. The van der Waals surface area contributed by atoms with Crippen molar-refractivity contribution in [1.82, 2.24) is 9.21 Å². The average Bonchev–Trinajstić information content (AvgIpc) is 2.86. The highest BCUT2D eigenvalue weighted by Gasteiger charge is 2.20. The third kappa shape index (κ3) is 7.74. The lowest BCUT2D eigenvalue weighted by atomic mass is 10.1. The number of piperazine rings is 1. The lowest BCUT2D eigenvalue weighted by Crippen LogP contribution is -2.42. The van der Waals surface area contributed by atoms with Crippen molar-refractivity contribution < 1.29 is 14.6 Å². The molecule has 0 aliphatic carbocycles. The predicted molar refractivity (Wildman–Crippen MR) is 142 cm³/mol. The van der Waals surface area contributed by atoms with Gasteiger partial charge in [-0.15, -0.1) is 0 Å². The van der Waals surface area contributed by atoms with E-state index in [1.807, 2.05) is 54.4 Å². The number of carboxylic acids is 1. The third-order valence-corrected chi connectivity index (χ3v) is 7.44. The molecular formula is C28H31ClN2O3S. The minimum atomic E-state index is -0.830. The first-order valence-electron chi connectivity index (χ1n) is 11.9. The van der Waals surface area contributed by atoms with E-state index in [0.717, 1.165) is 61.6 Å². The Morgan fingerprint density at radius 2 is 1.60 bits per heavy atom. The van der Waals surface area contributed by atoms with Gasteiger partial charge in [-0.1, -0.05) is 54.9 Å². The monoisotopic (exact) mass is 510 g/mol. The zero-order valence-electron chi connectivity index (χ0n) is 20.0. The largest absolute Gasteiger partial charge is 0.489 e. The summed E-state index contributed by atoms with van der Waals surface area (Å²) in [6.07, 6.45) is 1.06. The van der Waals surface area contributed by atoms with Crippen LogP contribution in [0.15, 0.2) is 71.6 Å². The molecule has 5 nitrogen and oxygen atoms in total. The quantitative estimate of drug-likeness (QED) is 0.341. The summed E-state index contributed by atoms with van der Waals surface area (Å²) < 4.78 is 8.56. The van der Waals surface area contributed by atoms with Gasteiger partial charge in [0.05, 0.1) is 6.42 Å². The molecule has 35 heavy (non-hydrogen) atoms. The summed E-state index contributed by atoms with van der Waals surface area (Å²) in [7, 11) is 0. The van der Waals surface area contributed by atoms with Crippen LogP contribution in [0.5, 0.6) is 5.75 Å². The van der Waals surface area contributed by atoms with Gasteiger partial charge >= 0.3 is 5.97 Å². The van der Waals surface area contributed by atoms with Gasteiger partial charge < -0.3 is 9.84 Å². The van der Waals surface area contributed by atoms with Crippen LogP contribution in [0.25, 0.3) is 0 Å². The van der Waals surface area contributed by atoms with Crippen LogP contribution in [0, 0.1) is 0 Å². The molecule has 1 N–H and O–H groups in total. The highest BCUT2D eigenvalue weighted by atomic mass is 35.5. The molecule has 0 aromatic heterocycles. The standard InChI is InChI=1S/C28H31ClN2O3S/c1-2-21-5-10-26(11-6-21)35-31-15-13-30(14-16-31)19-24-17-23(18-28(32)33)7-12-27(24)34-20-22-3-8-25(29)9-4-22/h3-12,17H,2,13-16,18-20H2,1H3,(H,32,33). The summed E-state index contributed by atoms with van der Waals surface area (Å²) in [6.45, 7) is 7.16. The minimum absolute atomic E-state index is 0.00566. The first kappa shape index (κ1) is 25.6. The van der Waals surface area contributed by atoms with Gasteiger partial charge in [-0.2, -0.15) is 0 Å². The predicted octanol–water partition coefficient (Wildman–Crippen LogP) is 5.93. The zero-order valence-corrected chi connectivity index (χ0v) is 21.5. The first-order chi connectivity index (χ1) is 17.0. The fourth-order valence-electron chi connectivity index (χ4n) is 4.08. The van der Waals surface area contributed by atoms with Crippen molar-refractivity contribution in [3.63, 3.8) is 0 Å². The van der Waals surface area contributed by atoms with Crippen molar-refractivity contribution in [1.29, 1.82) is 0 Å². The summed E-state index contributed by atoms with van der Waals surface area (Å²) in [5.74, 6) is -0.0368. The molecule has 0 spiro atoms. The number of aliphatic carboxylic acids is 1. The lowest BCUT2D eigenvalue weighted by molar-refractivity contribution is -0.136. The molecule has 1 aliphatic heterocycles. The maximum atomic E-state index is 11.3. The molecule has 1 aliphatic rings. The Kier molecular flexibility index (Phi) is 9.10. The van der Waals surface area contributed by atoms with Crippen LogP contribution < -0.4 is 4.74 Å². The number of ether oxygens (including phenoxy) is 1. The van der Waals surface area contributed by atoms with Gasteiger partial charge in [-0.3, -0.25) is 9.69 Å². The normalized spacial score (nSPS) is 14.7. The first-order valence-corrected chi connectivity index (χ1v) is 13.1. The van der Waals surface area contributed by atoms with E-state index < -0.39 is 5.97 Å². The van der Waals surface area contributed by atoms with Gasteiger partial charge in [-0.05, 0) is 65.4 Å². The van der Waals surface area contributed by atoms with E-state index >= 15 is 0 Å². The van der Waals surface area contributed by atoms with Crippen LogP contribution in [0.1, 0.15) is 29.2 Å². The van der Waals surface area contributed by atoms with Gasteiger partial charge in [0.1, 0.15) is 12.4 Å². The van der Waals surface area contributed by atoms with Crippen LogP contribution in [0.2, 0.25) is 5.02 Å². The van der Waals surface area contributed by atoms with E-state index in [4.69, 9.17) is 16.3 Å². The van der Waals surface area contributed by atoms with Crippen molar-refractivity contribution in [2.24, 2.45) is 0 Å². The Morgan fingerprint density at radius 1 is 0.943 bits per heavy atom. The smallest absolute Gasteiger partial charge is 0.307 e. The number of carbonyl (C=O) groups is 1. The highest BCUT2D eigenvalue weighted by Crippen LogP contribution is 2.27. The summed E-state index contributed by atoms with van der Waals surface area (Å²) in [5, 5.41) is 9.94. The number of nitrogens with zero attached hydrogens (tertiary/aromatic N) is 2. The molecule has 0 unspecified atom stereocenters. The molecule has 0 radical (unpaired) electrons. The second-order valence-electron chi connectivity index (χ2n) is 8.72. The second-order valence-corrected chi connectivity index (χ2v) is 10.3. The molecule has 0 saturated carbocycles. The van der Waals surface area contributed by atoms with E-state index in [0.29, 0.717) is 11.6 Å². The van der Waals surface area contributed by atoms with Crippen LogP contribution >= 0.6 is 23.5 Å². The van der Waals surface area contributed by atoms with Gasteiger partial charge in [0, 0.05) is 48.2 Å². The van der Waals surface area contributed by atoms with Crippen molar-refractivity contribution in [3.05, 3.63) is 94.0 Å². The molecule has 184 valence electrons. The van der Waals surface area contributed by atoms with Crippen molar-refractivity contribution in [3.8, 4) is 5.75 Å². The van der Waals surface area contributed by atoms with Crippen LogP contribution in [0.4, 0.5) is 0 Å². The molecule has 0 bridgehead atoms. The Balaban J connectivity index is 1.38. The van der Waals surface area contributed by atoms with E-state index in [2.05, 4.69) is 40.4 Å². The maximum Gasteiger partial charge on any atom is 0.307 e. The van der Waals surface area contributed by atoms with E-state index in [9.17, 15) is 9.90 Å². The molecule has 0 amide bonds. The lowest BCUT2D eigenvalue weighted by Gasteiger charge is -2.34. The summed E-state index contributed by atoms with van der Waals surface area (Å²) >= 11 is 7.81. The number of halogens is 1. The Bertz CT molecular complexity index is 1110. The summed E-state index contributed by atoms with van der Waals surface area (Å²) in [6, 6.07) is 22.1. The summed E-state index contributed by atoms with van der Waals surface area (Å²) in [5.41, 5.74) is 4.20. The fraction of sp³-hybridized carbons (Fsp3) is 0.321. The number of hydrogen-bond donors (Lipinski definition) is 1. The molecule has 1 saturated heterocycles. The molecule has 3 aromatic rings. The number of benzene rings is 3. The fourth-order valence-corrected chi connectivity index (χ4v) is 5.11. The molecule has 0 atom stereocenters. The SMILES string of the molecule is CCc1ccc(SN2CCN(Cc3cc(CC(=O)O)ccc3OCc3ccc(Cl)cc3)CC2)cc1. The molecular weight excluding hydrogens is 480 g/mol. The van der Waals surface area contributed by atoms with Crippen molar-refractivity contribution in [2.75, 3.05) is 26.2 Å². The number of rotatable bonds is 10. The van der Waals surface area contributed by atoms with Crippen molar-refractivity contribution in [2.45, 2.75) is 37.8 Å².